The van der Waals surface area contributed by atoms with E-state index in [0.29, 0.717) is 5.56 Å². The number of fused-ring (bicyclic) bond motifs is 1. The van der Waals surface area contributed by atoms with E-state index in [1.807, 2.05) is 0 Å². The summed E-state index contributed by atoms with van der Waals surface area (Å²) >= 11 is 0. The summed E-state index contributed by atoms with van der Waals surface area (Å²) in [6.07, 6.45) is -13.9. The molecule has 0 aliphatic carbocycles. The molecule has 0 saturated carbocycles. The van der Waals surface area contributed by atoms with Crippen molar-refractivity contribution in [3.8, 4) is 28.6 Å². The molecule has 2 aromatic carbocycles. The topological polar surface area (TPSA) is 229 Å². The molecule has 5 rings (SSSR count). The quantitative estimate of drug-likeness (QED) is 0.166. The SMILES string of the molecule is COc1cc(O)c2c(=O)cc(-c3ccc(O)cc3)oc2c1C1OC(CO)C(O)C(O)C1OC1OC(CO)C(O)C1O. The van der Waals surface area contributed by atoms with Crippen LogP contribution < -0.4 is 10.2 Å². The Hall–Kier alpha value is -3.31. The highest BCUT2D eigenvalue weighted by Gasteiger charge is 2.52. The number of ether oxygens (including phenoxy) is 4. The average molecular weight is 579 g/mol. The lowest BCUT2D eigenvalue weighted by atomic mass is 9.89. The van der Waals surface area contributed by atoms with Gasteiger partial charge in [-0.1, -0.05) is 0 Å². The molecule has 2 saturated heterocycles. The molecule has 41 heavy (non-hydrogen) atoms. The summed E-state index contributed by atoms with van der Waals surface area (Å²) in [5, 5.41) is 81.8. The summed E-state index contributed by atoms with van der Waals surface area (Å²) in [7, 11) is 1.26. The van der Waals surface area contributed by atoms with E-state index in [4.69, 9.17) is 23.4 Å². The molecule has 14 heteroatoms. The van der Waals surface area contributed by atoms with Gasteiger partial charge in [0.05, 0.1) is 25.9 Å². The highest BCUT2D eigenvalue weighted by atomic mass is 16.7. The van der Waals surface area contributed by atoms with E-state index in [0.717, 1.165) is 12.1 Å². The Morgan fingerprint density at radius 3 is 2.10 bits per heavy atom. The minimum absolute atomic E-state index is 0.0278. The Morgan fingerprint density at radius 1 is 0.854 bits per heavy atom. The zero-order chi connectivity index (χ0) is 29.6. The van der Waals surface area contributed by atoms with Crippen LogP contribution in [0, 0.1) is 0 Å². The first-order valence-corrected chi connectivity index (χ1v) is 12.7. The van der Waals surface area contributed by atoms with Gasteiger partial charge in [0.15, 0.2) is 17.3 Å². The zero-order valence-electron chi connectivity index (χ0n) is 21.6. The number of aromatic hydroxyl groups is 2. The molecule has 2 aliphatic heterocycles. The second-order valence-electron chi connectivity index (χ2n) is 9.80. The third kappa shape index (κ3) is 5.14. The van der Waals surface area contributed by atoms with Crippen molar-refractivity contribution in [3.05, 3.63) is 52.2 Å². The van der Waals surface area contributed by atoms with Crippen molar-refractivity contribution >= 4 is 11.0 Å². The van der Waals surface area contributed by atoms with Crippen LogP contribution in [0.4, 0.5) is 0 Å². The second kappa shape index (κ2) is 11.5. The highest BCUT2D eigenvalue weighted by molar-refractivity contribution is 5.89. The maximum atomic E-state index is 13.2. The largest absolute Gasteiger partial charge is 0.508 e. The van der Waals surface area contributed by atoms with Crippen LogP contribution in [0.25, 0.3) is 22.3 Å². The first kappa shape index (κ1) is 29.2. The van der Waals surface area contributed by atoms with Gasteiger partial charge in [-0.05, 0) is 24.3 Å². The number of benzene rings is 2. The van der Waals surface area contributed by atoms with E-state index in [1.165, 1.54) is 31.4 Å². The van der Waals surface area contributed by atoms with Gasteiger partial charge in [-0.3, -0.25) is 4.79 Å². The van der Waals surface area contributed by atoms with Crippen molar-refractivity contribution in [3.63, 3.8) is 0 Å². The lowest BCUT2D eigenvalue weighted by Gasteiger charge is -2.43. The maximum absolute atomic E-state index is 13.2. The standard InChI is InChI=1S/C27H30O14/c1-37-15-7-13(32)18-12(31)6-14(10-2-4-11(30)5-3-10)38-24(18)19(15)25-26(22(35)20(33)16(8-28)39-25)41-27-23(36)21(34)17(9-29)40-27/h2-7,16-17,20-23,25-30,32-36H,8-9H2,1H3. The van der Waals surface area contributed by atoms with Crippen LogP contribution in [0.5, 0.6) is 17.2 Å². The fraction of sp³-hybridized carbons (Fsp3) is 0.444. The summed E-state index contributed by atoms with van der Waals surface area (Å²) in [6, 6.07) is 7.99. The molecule has 0 spiro atoms. The van der Waals surface area contributed by atoms with Crippen LogP contribution in [0.3, 0.4) is 0 Å². The summed E-state index contributed by atoms with van der Waals surface area (Å²) in [5.41, 5.74) is -0.564. The van der Waals surface area contributed by atoms with Crippen LogP contribution in [0.1, 0.15) is 11.7 Å². The van der Waals surface area contributed by atoms with Crippen LogP contribution in [0.2, 0.25) is 0 Å². The summed E-state index contributed by atoms with van der Waals surface area (Å²) in [6.45, 7) is -1.39. The minimum Gasteiger partial charge on any atom is -0.508 e. The number of methoxy groups -OCH3 is 1. The molecule has 0 amide bonds. The first-order valence-electron chi connectivity index (χ1n) is 12.7. The molecule has 9 unspecified atom stereocenters. The Kier molecular flexibility index (Phi) is 8.20. The van der Waals surface area contributed by atoms with Crippen molar-refractivity contribution in [2.75, 3.05) is 20.3 Å². The minimum atomic E-state index is -1.78. The number of aliphatic hydroxyl groups is 6. The molecule has 14 nitrogen and oxygen atoms in total. The van der Waals surface area contributed by atoms with Gasteiger partial charge in [0.1, 0.15) is 77.2 Å². The Morgan fingerprint density at radius 2 is 1.49 bits per heavy atom. The van der Waals surface area contributed by atoms with Gasteiger partial charge < -0.3 is 64.2 Å². The fourth-order valence-electron chi connectivity index (χ4n) is 5.13. The van der Waals surface area contributed by atoms with Crippen molar-refractivity contribution in [1.29, 1.82) is 0 Å². The van der Waals surface area contributed by atoms with Gasteiger partial charge in [-0.2, -0.15) is 0 Å². The maximum Gasteiger partial charge on any atom is 0.197 e. The van der Waals surface area contributed by atoms with Crippen LogP contribution >= 0.6 is 0 Å². The van der Waals surface area contributed by atoms with E-state index < -0.39 is 79.5 Å². The molecule has 9 atom stereocenters. The molecular formula is C27H30O14. The van der Waals surface area contributed by atoms with E-state index in [1.54, 1.807) is 0 Å². The molecule has 222 valence electrons. The van der Waals surface area contributed by atoms with Crippen LogP contribution in [0.15, 0.2) is 45.6 Å². The molecular weight excluding hydrogens is 548 g/mol. The lowest BCUT2D eigenvalue weighted by molar-refractivity contribution is -0.289. The number of hydrogen-bond donors (Lipinski definition) is 8. The molecule has 1 aromatic heterocycles. The molecule has 2 fully saturated rings. The predicted molar refractivity (Wildman–Crippen MR) is 137 cm³/mol. The molecule has 0 bridgehead atoms. The summed E-state index contributed by atoms with van der Waals surface area (Å²) in [4.78, 5) is 13.2. The van der Waals surface area contributed by atoms with Crippen LogP contribution in [-0.2, 0) is 14.2 Å². The van der Waals surface area contributed by atoms with Gasteiger partial charge in [-0.25, -0.2) is 0 Å². The molecule has 0 radical (unpaired) electrons. The monoisotopic (exact) mass is 578 g/mol. The summed E-state index contributed by atoms with van der Waals surface area (Å²) < 4.78 is 28.7. The first-order chi connectivity index (χ1) is 19.6. The van der Waals surface area contributed by atoms with E-state index >= 15 is 0 Å². The number of hydrogen-bond acceptors (Lipinski definition) is 14. The van der Waals surface area contributed by atoms with Gasteiger partial charge >= 0.3 is 0 Å². The van der Waals surface area contributed by atoms with Crippen molar-refractivity contribution in [2.45, 2.75) is 55.1 Å². The molecule has 8 N–H and O–H groups in total. The van der Waals surface area contributed by atoms with E-state index in [2.05, 4.69) is 0 Å². The Labute approximate surface area is 231 Å². The predicted octanol–water partition coefficient (Wildman–Crippen LogP) is -1.14. The molecule has 3 aromatic rings. The number of aliphatic hydroxyl groups excluding tert-OH is 6. The van der Waals surface area contributed by atoms with Crippen molar-refractivity contribution < 1.29 is 64.2 Å². The van der Waals surface area contributed by atoms with Crippen molar-refractivity contribution in [1.82, 2.24) is 0 Å². The summed E-state index contributed by atoms with van der Waals surface area (Å²) in [5.74, 6) is -0.573. The number of phenols is 2. The van der Waals surface area contributed by atoms with Gasteiger partial charge in [0, 0.05) is 17.7 Å². The number of phenolic OH excluding ortho intramolecular Hbond substituents is 2. The second-order valence-corrected chi connectivity index (χ2v) is 9.80. The normalized spacial score (nSPS) is 31.9. The smallest absolute Gasteiger partial charge is 0.197 e. The van der Waals surface area contributed by atoms with E-state index in [9.17, 15) is 45.6 Å². The average Bonchev–Trinajstić information content (AvgIpc) is 3.23. The fourth-order valence-corrected chi connectivity index (χ4v) is 5.13. The zero-order valence-corrected chi connectivity index (χ0v) is 21.6. The molecule has 3 heterocycles. The third-order valence-electron chi connectivity index (χ3n) is 7.29. The lowest BCUT2D eigenvalue weighted by Crippen LogP contribution is -2.57. The van der Waals surface area contributed by atoms with Gasteiger partial charge in [-0.15, -0.1) is 0 Å². The van der Waals surface area contributed by atoms with Crippen LogP contribution in [-0.4, -0.2) is 110 Å². The van der Waals surface area contributed by atoms with Crippen molar-refractivity contribution in [2.24, 2.45) is 0 Å². The molecule has 2 aliphatic rings. The Balaban J connectivity index is 1.69. The van der Waals surface area contributed by atoms with E-state index in [-0.39, 0.29) is 33.8 Å². The van der Waals surface area contributed by atoms with Gasteiger partial charge in [0.2, 0.25) is 0 Å². The highest BCUT2D eigenvalue weighted by Crippen LogP contribution is 2.45. The Bertz CT molecular complexity index is 1440. The number of rotatable bonds is 7. The van der Waals surface area contributed by atoms with Gasteiger partial charge in [0.25, 0.3) is 0 Å². The third-order valence-corrected chi connectivity index (χ3v) is 7.29.